The Kier molecular flexibility index (Phi) is 2.97. The molecule has 0 saturated carbocycles. The lowest BCUT2D eigenvalue weighted by Gasteiger charge is -2.07. The van der Waals surface area contributed by atoms with Gasteiger partial charge in [0.1, 0.15) is 22.9 Å². The summed E-state index contributed by atoms with van der Waals surface area (Å²) in [4.78, 5) is 10.8. The molecule has 0 aliphatic carbocycles. The molecule has 0 bridgehead atoms. The molecule has 0 unspecified atom stereocenters. The molecular weight excluding hydrogens is 242 g/mol. The van der Waals surface area contributed by atoms with Crippen LogP contribution >= 0.6 is 0 Å². The Morgan fingerprint density at radius 3 is 2.22 bits per heavy atom. The Balaban J connectivity index is 2.65. The number of hydrogen-bond acceptors (Lipinski definition) is 2. The van der Waals surface area contributed by atoms with Crippen LogP contribution in [-0.2, 0) is 0 Å². The fourth-order valence-electron chi connectivity index (χ4n) is 1.64. The average molecular weight is 250 g/mol. The molecule has 0 atom stereocenters. The monoisotopic (exact) mass is 250 g/mol. The van der Waals surface area contributed by atoms with Crippen molar-refractivity contribution in [1.82, 2.24) is 0 Å². The molecule has 3 nitrogen and oxygen atoms in total. The first-order valence-electron chi connectivity index (χ1n) is 5.01. The highest BCUT2D eigenvalue weighted by molar-refractivity contribution is 5.92. The molecule has 0 aliphatic rings. The van der Waals surface area contributed by atoms with E-state index in [1.54, 1.807) is 0 Å². The summed E-state index contributed by atoms with van der Waals surface area (Å²) >= 11 is 0. The topological polar surface area (TPSA) is 57.5 Å². The van der Waals surface area contributed by atoms with Gasteiger partial charge in [-0.15, -0.1) is 0 Å². The number of carboxylic acid groups (broad SMARTS) is 1. The van der Waals surface area contributed by atoms with Crippen LogP contribution < -0.4 is 0 Å². The zero-order valence-electron chi connectivity index (χ0n) is 9.02. The maximum atomic E-state index is 13.5. The van der Waals surface area contributed by atoms with E-state index in [0.717, 1.165) is 24.3 Å². The van der Waals surface area contributed by atoms with Crippen molar-refractivity contribution in [2.75, 3.05) is 0 Å². The second-order valence-corrected chi connectivity index (χ2v) is 3.63. The van der Waals surface area contributed by atoms with E-state index in [1.165, 1.54) is 12.1 Å². The molecule has 92 valence electrons. The van der Waals surface area contributed by atoms with Crippen molar-refractivity contribution in [3.63, 3.8) is 0 Å². The van der Waals surface area contributed by atoms with Crippen molar-refractivity contribution in [3.8, 4) is 16.9 Å². The van der Waals surface area contributed by atoms with E-state index in [1.807, 2.05) is 0 Å². The van der Waals surface area contributed by atoms with Crippen molar-refractivity contribution < 1.29 is 23.8 Å². The summed E-state index contributed by atoms with van der Waals surface area (Å²) < 4.78 is 27.0. The van der Waals surface area contributed by atoms with E-state index >= 15 is 0 Å². The molecule has 0 heterocycles. The minimum atomic E-state index is -1.37. The Hall–Kier alpha value is -2.43. The minimum absolute atomic E-state index is 0.0563. The van der Waals surface area contributed by atoms with Gasteiger partial charge in [0.2, 0.25) is 0 Å². The number of carbonyl (C=O) groups is 1. The first-order chi connectivity index (χ1) is 8.50. The Morgan fingerprint density at radius 2 is 1.67 bits per heavy atom. The number of aromatic carboxylic acids is 1. The predicted octanol–water partition coefficient (Wildman–Crippen LogP) is 3.04. The fraction of sp³-hybridized carbons (Fsp3) is 0. The van der Waals surface area contributed by atoms with Crippen LogP contribution in [0.4, 0.5) is 8.78 Å². The van der Waals surface area contributed by atoms with Gasteiger partial charge in [-0.2, -0.15) is 0 Å². The number of carboxylic acids is 1. The molecule has 5 heteroatoms. The lowest BCUT2D eigenvalue weighted by atomic mass is 10.0. The van der Waals surface area contributed by atoms with Gasteiger partial charge >= 0.3 is 5.97 Å². The number of halogens is 2. The van der Waals surface area contributed by atoms with Crippen LogP contribution in [0.2, 0.25) is 0 Å². The summed E-state index contributed by atoms with van der Waals surface area (Å²) in [5, 5.41) is 18.2. The van der Waals surface area contributed by atoms with Crippen LogP contribution in [0.3, 0.4) is 0 Å². The molecule has 18 heavy (non-hydrogen) atoms. The second-order valence-electron chi connectivity index (χ2n) is 3.63. The van der Waals surface area contributed by atoms with Gasteiger partial charge < -0.3 is 10.2 Å². The maximum Gasteiger partial charge on any atom is 0.339 e. The zero-order chi connectivity index (χ0) is 13.3. The Morgan fingerprint density at radius 1 is 1.06 bits per heavy atom. The van der Waals surface area contributed by atoms with Gasteiger partial charge in [-0.3, -0.25) is 0 Å². The number of benzene rings is 2. The lowest BCUT2D eigenvalue weighted by molar-refractivity contribution is 0.0694. The highest BCUT2D eigenvalue weighted by Crippen LogP contribution is 2.29. The maximum absolute atomic E-state index is 13.5. The molecule has 2 N–H and O–H groups in total. The standard InChI is InChI=1S/C13H8F2O3/c14-9-2-1-3-10(15)12(9)7-4-5-11(16)8(6-7)13(17)18/h1-6,16H,(H,17,18). The normalized spacial score (nSPS) is 10.3. The molecule has 0 radical (unpaired) electrons. The molecule has 0 amide bonds. The molecule has 0 aromatic heterocycles. The van der Waals surface area contributed by atoms with Gasteiger partial charge in [0.25, 0.3) is 0 Å². The third kappa shape index (κ3) is 2.02. The number of hydrogen-bond donors (Lipinski definition) is 2. The molecule has 0 fully saturated rings. The average Bonchev–Trinajstić information content (AvgIpc) is 2.30. The first kappa shape index (κ1) is 12.0. The number of rotatable bonds is 2. The predicted molar refractivity (Wildman–Crippen MR) is 60.4 cm³/mol. The third-order valence-electron chi connectivity index (χ3n) is 2.48. The van der Waals surface area contributed by atoms with Gasteiger partial charge in [-0.1, -0.05) is 12.1 Å². The van der Waals surface area contributed by atoms with Crippen molar-refractivity contribution in [1.29, 1.82) is 0 Å². The van der Waals surface area contributed by atoms with Crippen molar-refractivity contribution in [3.05, 3.63) is 53.6 Å². The third-order valence-corrected chi connectivity index (χ3v) is 2.48. The van der Waals surface area contributed by atoms with E-state index in [4.69, 9.17) is 5.11 Å². The van der Waals surface area contributed by atoms with Crippen LogP contribution in [0.15, 0.2) is 36.4 Å². The molecule has 2 aromatic rings. The van der Waals surface area contributed by atoms with Crippen molar-refractivity contribution >= 4 is 5.97 Å². The summed E-state index contributed by atoms with van der Waals surface area (Å²) in [6, 6.07) is 6.73. The summed E-state index contributed by atoms with van der Waals surface area (Å²) in [5.74, 6) is -3.41. The second kappa shape index (κ2) is 4.44. The summed E-state index contributed by atoms with van der Waals surface area (Å²) in [7, 11) is 0. The molecular formula is C13H8F2O3. The molecule has 2 rings (SSSR count). The largest absolute Gasteiger partial charge is 0.507 e. The van der Waals surface area contributed by atoms with Crippen LogP contribution in [0.25, 0.3) is 11.1 Å². The smallest absolute Gasteiger partial charge is 0.339 e. The van der Waals surface area contributed by atoms with Crippen LogP contribution in [0.5, 0.6) is 5.75 Å². The minimum Gasteiger partial charge on any atom is -0.507 e. The number of aromatic hydroxyl groups is 1. The van der Waals surface area contributed by atoms with E-state index < -0.39 is 28.9 Å². The summed E-state index contributed by atoms with van der Waals surface area (Å²) in [5.41, 5.74) is -0.670. The quantitative estimate of drug-likeness (QED) is 0.861. The van der Waals surface area contributed by atoms with Gasteiger partial charge in [0.05, 0.1) is 5.56 Å². The molecule has 2 aromatic carbocycles. The molecule has 0 saturated heterocycles. The zero-order valence-corrected chi connectivity index (χ0v) is 9.02. The highest BCUT2D eigenvalue weighted by Gasteiger charge is 2.15. The van der Waals surface area contributed by atoms with Crippen molar-refractivity contribution in [2.24, 2.45) is 0 Å². The van der Waals surface area contributed by atoms with Crippen LogP contribution in [-0.4, -0.2) is 16.2 Å². The van der Waals surface area contributed by atoms with E-state index in [0.29, 0.717) is 0 Å². The van der Waals surface area contributed by atoms with Gasteiger partial charge in [-0.05, 0) is 29.8 Å². The van der Waals surface area contributed by atoms with Crippen molar-refractivity contribution in [2.45, 2.75) is 0 Å². The van der Waals surface area contributed by atoms with Gasteiger partial charge in [0, 0.05) is 0 Å². The van der Waals surface area contributed by atoms with Gasteiger partial charge in [-0.25, -0.2) is 13.6 Å². The fourth-order valence-corrected chi connectivity index (χ4v) is 1.64. The van der Waals surface area contributed by atoms with Crippen LogP contribution in [0.1, 0.15) is 10.4 Å². The lowest BCUT2D eigenvalue weighted by Crippen LogP contribution is -1.98. The first-order valence-corrected chi connectivity index (χ1v) is 5.01. The highest BCUT2D eigenvalue weighted by atomic mass is 19.1. The van der Waals surface area contributed by atoms with Crippen LogP contribution in [0, 0.1) is 11.6 Å². The van der Waals surface area contributed by atoms with E-state index in [2.05, 4.69) is 0 Å². The Labute approximate surface area is 101 Å². The summed E-state index contributed by atoms with van der Waals surface area (Å²) in [6.45, 7) is 0. The number of phenols is 1. The van der Waals surface area contributed by atoms with Gasteiger partial charge in [0.15, 0.2) is 0 Å². The van der Waals surface area contributed by atoms with E-state index in [9.17, 15) is 18.7 Å². The Bertz CT molecular complexity index is 603. The molecule has 0 aliphatic heterocycles. The van der Waals surface area contributed by atoms with E-state index in [-0.39, 0.29) is 11.1 Å². The molecule has 0 spiro atoms. The SMILES string of the molecule is O=C(O)c1cc(-c2c(F)cccc2F)ccc1O. The summed E-state index contributed by atoms with van der Waals surface area (Å²) in [6.07, 6.45) is 0.